The van der Waals surface area contributed by atoms with Gasteiger partial charge in [0.1, 0.15) is 5.60 Å². The summed E-state index contributed by atoms with van der Waals surface area (Å²) in [4.78, 5) is 0.913. The minimum atomic E-state index is -1.00. The summed E-state index contributed by atoms with van der Waals surface area (Å²) < 4.78 is 0. The molecule has 1 aliphatic rings. The van der Waals surface area contributed by atoms with Crippen molar-refractivity contribution in [3.63, 3.8) is 0 Å². The molecule has 0 amide bonds. The van der Waals surface area contributed by atoms with Crippen molar-refractivity contribution in [3.8, 4) is 6.07 Å². The molecule has 1 N–H and O–H groups in total. The Morgan fingerprint density at radius 1 is 1.44 bits per heavy atom. The number of aliphatic hydroxyl groups is 1. The summed E-state index contributed by atoms with van der Waals surface area (Å²) in [7, 11) is 0. The van der Waals surface area contributed by atoms with Crippen LogP contribution in [0.5, 0.6) is 0 Å². The molecule has 0 radical (unpaired) electrons. The molecular weight excluding hydrogens is 218 g/mol. The molecule has 16 heavy (non-hydrogen) atoms. The van der Waals surface area contributed by atoms with E-state index in [0.717, 1.165) is 30.6 Å². The summed E-state index contributed by atoms with van der Waals surface area (Å²) in [5.74, 6) is 0. The summed E-state index contributed by atoms with van der Waals surface area (Å²) in [5.41, 5.74) is -1.59. The van der Waals surface area contributed by atoms with Crippen LogP contribution in [-0.4, -0.2) is 5.11 Å². The van der Waals surface area contributed by atoms with Crippen molar-refractivity contribution >= 4 is 11.3 Å². The molecule has 1 aromatic rings. The van der Waals surface area contributed by atoms with Crippen LogP contribution < -0.4 is 0 Å². The molecule has 1 aliphatic carbocycles. The SMILES string of the molecule is CC(O)(c1cccs1)C1(C#N)CCCCC1. The molecule has 0 saturated heterocycles. The number of nitriles is 1. The maximum atomic E-state index is 10.7. The van der Waals surface area contributed by atoms with Gasteiger partial charge in [-0.2, -0.15) is 5.26 Å². The topological polar surface area (TPSA) is 44.0 Å². The third-order valence-electron chi connectivity index (χ3n) is 3.85. The quantitative estimate of drug-likeness (QED) is 0.853. The van der Waals surface area contributed by atoms with Gasteiger partial charge in [0.2, 0.25) is 0 Å². The molecular formula is C13H17NOS. The van der Waals surface area contributed by atoms with E-state index >= 15 is 0 Å². The molecule has 0 aromatic carbocycles. The highest BCUT2D eigenvalue weighted by Crippen LogP contribution is 2.50. The van der Waals surface area contributed by atoms with Gasteiger partial charge in [-0.1, -0.05) is 25.3 Å². The number of thiophene rings is 1. The van der Waals surface area contributed by atoms with E-state index in [0.29, 0.717) is 0 Å². The van der Waals surface area contributed by atoms with Crippen LogP contribution in [0.2, 0.25) is 0 Å². The molecule has 2 nitrogen and oxygen atoms in total. The lowest BCUT2D eigenvalue weighted by Crippen LogP contribution is -2.43. The predicted octanol–water partition coefficient (Wildman–Crippen LogP) is 3.43. The summed E-state index contributed by atoms with van der Waals surface area (Å²) in [6.07, 6.45) is 4.91. The molecule has 1 heterocycles. The highest BCUT2D eigenvalue weighted by atomic mass is 32.1. The summed E-state index contributed by atoms with van der Waals surface area (Å²) in [6.45, 7) is 1.80. The van der Waals surface area contributed by atoms with Crippen molar-refractivity contribution < 1.29 is 5.11 Å². The van der Waals surface area contributed by atoms with Gasteiger partial charge in [0, 0.05) is 4.88 Å². The Morgan fingerprint density at radius 2 is 2.12 bits per heavy atom. The van der Waals surface area contributed by atoms with Gasteiger partial charge < -0.3 is 5.11 Å². The van der Waals surface area contributed by atoms with Gasteiger partial charge in [-0.3, -0.25) is 0 Å². The first-order valence-electron chi connectivity index (χ1n) is 5.80. The molecule has 1 unspecified atom stereocenters. The lowest BCUT2D eigenvalue weighted by atomic mass is 9.64. The highest BCUT2D eigenvalue weighted by molar-refractivity contribution is 7.10. The molecule has 0 bridgehead atoms. The predicted molar refractivity (Wildman–Crippen MR) is 65.0 cm³/mol. The van der Waals surface area contributed by atoms with Gasteiger partial charge in [-0.25, -0.2) is 0 Å². The summed E-state index contributed by atoms with van der Waals surface area (Å²) in [5, 5.41) is 22.2. The standard InChI is InChI=1S/C13H17NOS/c1-12(15,11-6-5-9-16-11)13(10-14)7-3-2-4-8-13/h5-6,9,15H,2-4,7-8H2,1H3. The fourth-order valence-corrected chi connectivity index (χ4v) is 3.54. The Morgan fingerprint density at radius 3 is 2.62 bits per heavy atom. The van der Waals surface area contributed by atoms with Gasteiger partial charge >= 0.3 is 0 Å². The fraction of sp³-hybridized carbons (Fsp3) is 0.615. The number of hydrogen-bond donors (Lipinski definition) is 1. The lowest BCUT2D eigenvalue weighted by Gasteiger charge is -2.42. The van der Waals surface area contributed by atoms with Gasteiger partial charge in [-0.05, 0) is 31.2 Å². The van der Waals surface area contributed by atoms with Crippen molar-refractivity contribution in [2.75, 3.05) is 0 Å². The van der Waals surface area contributed by atoms with Crippen LogP contribution in [0.4, 0.5) is 0 Å². The van der Waals surface area contributed by atoms with Crippen molar-refractivity contribution in [1.82, 2.24) is 0 Å². The Labute approximate surface area is 101 Å². The molecule has 0 spiro atoms. The second-order valence-corrected chi connectivity index (χ2v) is 5.75. The van der Waals surface area contributed by atoms with E-state index < -0.39 is 11.0 Å². The van der Waals surface area contributed by atoms with Crippen LogP contribution in [0.15, 0.2) is 17.5 Å². The number of rotatable bonds is 2. The monoisotopic (exact) mass is 235 g/mol. The molecule has 0 aliphatic heterocycles. The van der Waals surface area contributed by atoms with E-state index in [-0.39, 0.29) is 0 Å². The molecule has 1 aromatic heterocycles. The average Bonchev–Trinajstić information content (AvgIpc) is 2.84. The molecule has 2 rings (SSSR count). The Hall–Kier alpha value is -0.850. The summed E-state index contributed by atoms with van der Waals surface area (Å²) in [6, 6.07) is 6.26. The van der Waals surface area contributed by atoms with Crippen LogP contribution in [-0.2, 0) is 5.60 Å². The zero-order chi connectivity index (χ0) is 11.6. The van der Waals surface area contributed by atoms with E-state index in [1.54, 1.807) is 6.92 Å². The van der Waals surface area contributed by atoms with Crippen LogP contribution in [0.3, 0.4) is 0 Å². The first-order valence-corrected chi connectivity index (χ1v) is 6.68. The van der Waals surface area contributed by atoms with Gasteiger partial charge in [0.15, 0.2) is 0 Å². The zero-order valence-electron chi connectivity index (χ0n) is 9.57. The normalized spacial score (nSPS) is 23.3. The molecule has 1 atom stereocenters. The minimum absolute atomic E-state index is 0.587. The second-order valence-electron chi connectivity index (χ2n) is 4.80. The van der Waals surface area contributed by atoms with E-state index in [1.807, 2.05) is 17.5 Å². The van der Waals surface area contributed by atoms with E-state index in [9.17, 15) is 10.4 Å². The van der Waals surface area contributed by atoms with Crippen LogP contribution >= 0.6 is 11.3 Å². The molecule has 3 heteroatoms. The zero-order valence-corrected chi connectivity index (χ0v) is 10.4. The molecule has 1 fully saturated rings. The van der Waals surface area contributed by atoms with Gasteiger partial charge in [-0.15, -0.1) is 11.3 Å². The van der Waals surface area contributed by atoms with Gasteiger partial charge in [0.25, 0.3) is 0 Å². The number of nitrogens with zero attached hydrogens (tertiary/aromatic N) is 1. The van der Waals surface area contributed by atoms with Gasteiger partial charge in [0.05, 0.1) is 11.5 Å². The highest BCUT2D eigenvalue weighted by Gasteiger charge is 2.49. The third-order valence-corrected chi connectivity index (χ3v) is 4.93. The maximum absolute atomic E-state index is 10.7. The van der Waals surface area contributed by atoms with E-state index in [2.05, 4.69) is 6.07 Å². The van der Waals surface area contributed by atoms with Crippen molar-refractivity contribution in [2.24, 2.45) is 5.41 Å². The Kier molecular flexibility index (Phi) is 3.05. The van der Waals surface area contributed by atoms with Crippen LogP contribution in [0.1, 0.15) is 43.9 Å². The molecule has 1 saturated carbocycles. The lowest BCUT2D eigenvalue weighted by molar-refractivity contribution is -0.0605. The first-order chi connectivity index (χ1) is 7.62. The Bertz CT molecular complexity index is 383. The van der Waals surface area contributed by atoms with Crippen molar-refractivity contribution in [1.29, 1.82) is 5.26 Å². The van der Waals surface area contributed by atoms with Crippen LogP contribution in [0.25, 0.3) is 0 Å². The Balaban J connectivity index is 2.37. The van der Waals surface area contributed by atoms with E-state index in [4.69, 9.17) is 0 Å². The largest absolute Gasteiger partial charge is 0.383 e. The smallest absolute Gasteiger partial charge is 0.114 e. The third kappa shape index (κ3) is 1.66. The second kappa shape index (κ2) is 4.20. The van der Waals surface area contributed by atoms with E-state index in [1.165, 1.54) is 17.8 Å². The molecule has 86 valence electrons. The average molecular weight is 235 g/mol. The maximum Gasteiger partial charge on any atom is 0.114 e. The number of hydrogen-bond acceptors (Lipinski definition) is 3. The minimum Gasteiger partial charge on any atom is -0.383 e. The van der Waals surface area contributed by atoms with Crippen LogP contribution in [0, 0.1) is 16.7 Å². The summed E-state index contributed by atoms with van der Waals surface area (Å²) >= 11 is 1.54. The van der Waals surface area contributed by atoms with Crippen molar-refractivity contribution in [2.45, 2.75) is 44.6 Å². The van der Waals surface area contributed by atoms with Crippen molar-refractivity contribution in [3.05, 3.63) is 22.4 Å². The first kappa shape index (κ1) is 11.6. The fourth-order valence-electron chi connectivity index (χ4n) is 2.65.